The van der Waals surface area contributed by atoms with Crippen molar-refractivity contribution in [2.24, 2.45) is 0 Å². The van der Waals surface area contributed by atoms with E-state index in [2.05, 4.69) is 6.58 Å². The molecule has 2 heteroatoms. The van der Waals surface area contributed by atoms with Crippen molar-refractivity contribution in [3.63, 3.8) is 0 Å². The normalized spacial score (nSPS) is 8.12. The summed E-state index contributed by atoms with van der Waals surface area (Å²) in [7, 11) is 0. The van der Waals surface area contributed by atoms with E-state index in [0.717, 1.165) is 6.42 Å². The van der Waals surface area contributed by atoms with Crippen LogP contribution in [0.5, 0.6) is 0 Å². The minimum absolute atomic E-state index is 0.159. The second kappa shape index (κ2) is 4.37. The topological polar surface area (TPSA) is 33.1 Å². The van der Waals surface area contributed by atoms with Gasteiger partial charge in [0.05, 0.1) is 6.61 Å². The SMILES string of the molecule is C=CC(=N)OCCC. The van der Waals surface area contributed by atoms with Gasteiger partial charge in [0.25, 0.3) is 0 Å². The highest BCUT2D eigenvalue weighted by atomic mass is 16.5. The van der Waals surface area contributed by atoms with Crippen LogP contribution in [0, 0.1) is 5.41 Å². The third kappa shape index (κ3) is 3.40. The van der Waals surface area contributed by atoms with Gasteiger partial charge in [0, 0.05) is 0 Å². The van der Waals surface area contributed by atoms with Crippen LogP contribution in [0.4, 0.5) is 0 Å². The molecule has 0 aromatic carbocycles. The summed E-state index contributed by atoms with van der Waals surface area (Å²) < 4.78 is 4.81. The van der Waals surface area contributed by atoms with E-state index < -0.39 is 0 Å². The summed E-state index contributed by atoms with van der Waals surface area (Å²) >= 11 is 0. The highest BCUT2D eigenvalue weighted by Gasteiger charge is 1.84. The molecule has 0 aliphatic rings. The van der Waals surface area contributed by atoms with E-state index in [4.69, 9.17) is 10.1 Å². The second-order valence-electron chi connectivity index (χ2n) is 1.42. The average molecular weight is 113 g/mol. The van der Waals surface area contributed by atoms with Gasteiger partial charge in [-0.05, 0) is 12.5 Å². The molecule has 1 N–H and O–H groups in total. The molecule has 0 spiro atoms. The van der Waals surface area contributed by atoms with Gasteiger partial charge in [-0.15, -0.1) is 0 Å². The van der Waals surface area contributed by atoms with Gasteiger partial charge in [-0.1, -0.05) is 13.5 Å². The van der Waals surface area contributed by atoms with Gasteiger partial charge >= 0.3 is 0 Å². The van der Waals surface area contributed by atoms with Crippen molar-refractivity contribution in [3.05, 3.63) is 12.7 Å². The third-order valence-electron chi connectivity index (χ3n) is 0.647. The summed E-state index contributed by atoms with van der Waals surface area (Å²) in [6.07, 6.45) is 2.33. The summed E-state index contributed by atoms with van der Waals surface area (Å²) in [6.45, 7) is 5.98. The molecule has 0 saturated carbocycles. The van der Waals surface area contributed by atoms with Crippen molar-refractivity contribution < 1.29 is 4.74 Å². The fourth-order valence-corrected chi connectivity index (χ4v) is 0.271. The lowest BCUT2D eigenvalue weighted by atomic mass is 10.5. The Balaban J connectivity index is 3.11. The highest BCUT2D eigenvalue weighted by molar-refractivity contribution is 5.83. The van der Waals surface area contributed by atoms with E-state index in [1.165, 1.54) is 6.08 Å². The maximum atomic E-state index is 6.90. The number of hydrogen-bond donors (Lipinski definition) is 1. The van der Waals surface area contributed by atoms with Crippen LogP contribution in [0.15, 0.2) is 12.7 Å². The summed E-state index contributed by atoms with van der Waals surface area (Å²) in [5.74, 6) is 0.159. The van der Waals surface area contributed by atoms with E-state index in [1.807, 2.05) is 6.92 Å². The smallest absolute Gasteiger partial charge is 0.205 e. The Morgan fingerprint density at radius 1 is 1.88 bits per heavy atom. The molecule has 0 saturated heterocycles. The number of nitrogens with one attached hydrogen (secondary N) is 1. The summed E-state index contributed by atoms with van der Waals surface area (Å²) in [6, 6.07) is 0. The monoisotopic (exact) mass is 113 g/mol. The lowest BCUT2D eigenvalue weighted by Crippen LogP contribution is -1.98. The van der Waals surface area contributed by atoms with Crippen molar-refractivity contribution in [3.8, 4) is 0 Å². The lowest BCUT2D eigenvalue weighted by Gasteiger charge is -1.98. The summed E-state index contributed by atoms with van der Waals surface area (Å²) in [4.78, 5) is 0. The zero-order chi connectivity index (χ0) is 6.41. The van der Waals surface area contributed by atoms with Gasteiger partial charge in [-0.25, -0.2) is 0 Å². The zero-order valence-corrected chi connectivity index (χ0v) is 5.11. The van der Waals surface area contributed by atoms with Crippen molar-refractivity contribution in [1.82, 2.24) is 0 Å². The summed E-state index contributed by atoms with van der Waals surface area (Å²) in [5.41, 5.74) is 0. The highest BCUT2D eigenvalue weighted by Crippen LogP contribution is 1.81. The molecule has 0 aliphatic carbocycles. The molecular weight excluding hydrogens is 102 g/mol. The Labute approximate surface area is 49.7 Å². The van der Waals surface area contributed by atoms with E-state index in [1.54, 1.807) is 0 Å². The standard InChI is InChI=1S/C6H11NO/c1-3-5-8-6(7)4-2/h4,7H,2-3,5H2,1H3. The summed E-state index contributed by atoms with van der Waals surface area (Å²) in [5, 5.41) is 6.90. The number of ether oxygens (including phenoxy) is 1. The predicted octanol–water partition coefficient (Wildman–Crippen LogP) is 1.58. The van der Waals surface area contributed by atoms with Crippen molar-refractivity contribution in [2.75, 3.05) is 6.61 Å². The molecule has 0 aromatic heterocycles. The fourth-order valence-electron chi connectivity index (χ4n) is 0.271. The number of hydrogen-bond acceptors (Lipinski definition) is 2. The molecule has 0 radical (unpaired) electrons. The molecule has 46 valence electrons. The molecule has 0 amide bonds. The molecule has 0 bridgehead atoms. The van der Waals surface area contributed by atoms with Gasteiger partial charge in [0.15, 0.2) is 0 Å². The van der Waals surface area contributed by atoms with Gasteiger partial charge in [-0.2, -0.15) is 0 Å². The van der Waals surface area contributed by atoms with Crippen LogP contribution >= 0.6 is 0 Å². The molecule has 0 aliphatic heterocycles. The maximum absolute atomic E-state index is 6.90. The van der Waals surface area contributed by atoms with Gasteiger partial charge < -0.3 is 4.74 Å². The molecule has 0 rings (SSSR count). The Morgan fingerprint density at radius 2 is 2.50 bits per heavy atom. The van der Waals surface area contributed by atoms with Crippen LogP contribution < -0.4 is 0 Å². The second-order valence-corrected chi connectivity index (χ2v) is 1.42. The first-order valence-electron chi connectivity index (χ1n) is 2.65. The molecule has 0 heterocycles. The van der Waals surface area contributed by atoms with E-state index in [9.17, 15) is 0 Å². The molecular formula is C6H11NO. The molecule has 0 aromatic rings. The van der Waals surface area contributed by atoms with Crippen molar-refractivity contribution >= 4 is 5.90 Å². The largest absolute Gasteiger partial charge is 0.478 e. The molecule has 0 unspecified atom stereocenters. The fraction of sp³-hybridized carbons (Fsp3) is 0.500. The van der Waals surface area contributed by atoms with E-state index in [-0.39, 0.29) is 5.90 Å². The van der Waals surface area contributed by atoms with Crippen LogP contribution in [-0.2, 0) is 4.74 Å². The number of rotatable bonds is 3. The molecule has 8 heavy (non-hydrogen) atoms. The molecule has 2 nitrogen and oxygen atoms in total. The Kier molecular flexibility index (Phi) is 3.94. The van der Waals surface area contributed by atoms with Gasteiger partial charge in [-0.3, -0.25) is 5.41 Å². The quantitative estimate of drug-likeness (QED) is 0.437. The van der Waals surface area contributed by atoms with Crippen molar-refractivity contribution in [1.29, 1.82) is 5.41 Å². The van der Waals surface area contributed by atoms with E-state index >= 15 is 0 Å². The van der Waals surface area contributed by atoms with Crippen LogP contribution in [-0.4, -0.2) is 12.5 Å². The first-order chi connectivity index (χ1) is 3.81. The minimum Gasteiger partial charge on any atom is -0.478 e. The zero-order valence-electron chi connectivity index (χ0n) is 5.11. The van der Waals surface area contributed by atoms with Crippen LogP contribution in [0.1, 0.15) is 13.3 Å². The van der Waals surface area contributed by atoms with Crippen LogP contribution in [0.2, 0.25) is 0 Å². The Hall–Kier alpha value is -0.790. The van der Waals surface area contributed by atoms with E-state index in [0.29, 0.717) is 6.61 Å². The van der Waals surface area contributed by atoms with Gasteiger partial charge in [0.2, 0.25) is 5.90 Å². The predicted molar refractivity (Wildman–Crippen MR) is 34.2 cm³/mol. The Bertz CT molecular complexity index is 88.5. The first kappa shape index (κ1) is 7.21. The first-order valence-corrected chi connectivity index (χ1v) is 2.65. The molecule has 0 fully saturated rings. The lowest BCUT2D eigenvalue weighted by molar-refractivity contribution is 0.304. The Morgan fingerprint density at radius 3 is 2.88 bits per heavy atom. The average Bonchev–Trinajstić information content (AvgIpc) is 1.83. The maximum Gasteiger partial charge on any atom is 0.205 e. The van der Waals surface area contributed by atoms with Crippen LogP contribution in [0.25, 0.3) is 0 Å². The minimum atomic E-state index is 0.159. The molecule has 0 atom stereocenters. The van der Waals surface area contributed by atoms with Gasteiger partial charge in [0.1, 0.15) is 0 Å². The van der Waals surface area contributed by atoms with Crippen molar-refractivity contribution in [2.45, 2.75) is 13.3 Å². The third-order valence-corrected chi connectivity index (χ3v) is 0.647. The van der Waals surface area contributed by atoms with Crippen LogP contribution in [0.3, 0.4) is 0 Å².